The number of nitrogens with one attached hydrogen (secondary N) is 1. The number of halogens is 2. The summed E-state index contributed by atoms with van der Waals surface area (Å²) >= 11 is 0. The van der Waals surface area contributed by atoms with E-state index < -0.39 is 17.7 Å². The molecule has 10 heteroatoms. The van der Waals surface area contributed by atoms with Crippen LogP contribution in [0.5, 0.6) is 11.6 Å². The van der Waals surface area contributed by atoms with Gasteiger partial charge in [0.25, 0.3) is 0 Å². The van der Waals surface area contributed by atoms with Crippen LogP contribution in [0.4, 0.5) is 26.4 Å². The largest absolute Gasteiger partial charge is 0.486 e. The predicted molar refractivity (Wildman–Crippen MR) is 128 cm³/mol. The van der Waals surface area contributed by atoms with Gasteiger partial charge in [0.1, 0.15) is 24.1 Å². The zero-order valence-electron chi connectivity index (χ0n) is 19.2. The van der Waals surface area contributed by atoms with Crippen LogP contribution in [0.25, 0.3) is 5.70 Å². The molecule has 4 rings (SSSR count). The molecule has 1 aliphatic rings. The Kier molecular flexibility index (Phi) is 7.62. The van der Waals surface area contributed by atoms with Gasteiger partial charge in [0.05, 0.1) is 24.9 Å². The minimum atomic E-state index is -0.647. The first kappa shape index (κ1) is 24.4. The van der Waals surface area contributed by atoms with Crippen molar-refractivity contribution in [2.75, 3.05) is 31.0 Å². The number of anilines is 3. The van der Waals surface area contributed by atoms with Gasteiger partial charge < -0.3 is 25.4 Å². The average molecular weight is 469 g/mol. The van der Waals surface area contributed by atoms with Crippen LogP contribution in [0.3, 0.4) is 0 Å². The number of fused-ring (bicyclic) bond motifs is 1. The van der Waals surface area contributed by atoms with Crippen LogP contribution in [0.1, 0.15) is 24.1 Å². The Balaban J connectivity index is 0.00000158. The number of nitrogens with two attached hydrogens (primary N) is 1. The zero-order valence-corrected chi connectivity index (χ0v) is 19.2. The second-order valence-corrected chi connectivity index (χ2v) is 7.14. The minimum absolute atomic E-state index is 0.203. The number of hydrogen-bond donors (Lipinski definition) is 2. The third-order valence-electron chi connectivity index (χ3n) is 5.12. The third kappa shape index (κ3) is 5.06. The van der Waals surface area contributed by atoms with Gasteiger partial charge in [-0.25, -0.2) is 13.8 Å². The minimum Gasteiger partial charge on any atom is -0.486 e. The molecule has 3 N–H and O–H groups in total. The summed E-state index contributed by atoms with van der Waals surface area (Å²) in [6.45, 7) is 8.03. The van der Waals surface area contributed by atoms with Crippen molar-refractivity contribution in [1.29, 1.82) is 0 Å². The molecule has 2 aromatic heterocycles. The van der Waals surface area contributed by atoms with Crippen molar-refractivity contribution in [2.45, 2.75) is 13.0 Å². The molecule has 0 spiro atoms. The van der Waals surface area contributed by atoms with E-state index in [-0.39, 0.29) is 12.6 Å². The van der Waals surface area contributed by atoms with Gasteiger partial charge in [-0.2, -0.15) is 9.97 Å². The molecule has 1 aliphatic heterocycles. The third-order valence-corrected chi connectivity index (χ3v) is 5.12. The number of benzene rings is 1. The van der Waals surface area contributed by atoms with E-state index in [4.69, 9.17) is 15.2 Å². The fourth-order valence-electron chi connectivity index (χ4n) is 3.45. The van der Waals surface area contributed by atoms with Gasteiger partial charge in [-0.1, -0.05) is 6.08 Å². The topological polar surface area (TPSA) is 98.4 Å². The number of nitrogens with zero attached hydrogens (tertiary/aromatic N) is 4. The summed E-state index contributed by atoms with van der Waals surface area (Å²) in [7, 11) is 3.29. The normalized spacial score (nSPS) is 14.9. The van der Waals surface area contributed by atoms with Crippen LogP contribution in [-0.4, -0.2) is 35.7 Å². The van der Waals surface area contributed by atoms with Gasteiger partial charge in [-0.15, -0.1) is 13.2 Å². The van der Waals surface area contributed by atoms with Gasteiger partial charge in [0.2, 0.25) is 11.8 Å². The first-order chi connectivity index (χ1) is 16.4. The molecular formula is C24H26F2N6O2. The van der Waals surface area contributed by atoms with Crippen LogP contribution in [0.2, 0.25) is 0 Å². The lowest BCUT2D eigenvalue weighted by atomic mass is 10.0. The van der Waals surface area contributed by atoms with Crippen LogP contribution in [-0.2, 0) is 0 Å². The highest BCUT2D eigenvalue weighted by Crippen LogP contribution is 2.37. The molecule has 0 saturated carbocycles. The van der Waals surface area contributed by atoms with E-state index in [0.717, 1.165) is 6.07 Å². The molecule has 8 nitrogen and oxygen atoms in total. The Labute approximate surface area is 196 Å². The highest BCUT2D eigenvalue weighted by atomic mass is 19.1. The average Bonchev–Trinajstić information content (AvgIpc) is 2.84. The summed E-state index contributed by atoms with van der Waals surface area (Å²) in [5.41, 5.74) is 7.64. The molecule has 0 radical (unpaired) electrons. The Morgan fingerprint density at radius 1 is 1.24 bits per heavy atom. The number of likely N-dealkylation sites (N-methyl/N-ethyl adjacent to an activating group) is 1. The Morgan fingerprint density at radius 3 is 2.59 bits per heavy atom. The fraction of sp³-hybridized carbons (Fsp3) is 0.208. The number of aromatic nitrogens is 3. The Hall–Kier alpha value is -4.21. The highest BCUT2D eigenvalue weighted by Gasteiger charge is 2.29. The Bertz CT molecular complexity index is 1180. The number of pyridine rings is 1. The Morgan fingerprint density at radius 2 is 1.94 bits per heavy atom. The van der Waals surface area contributed by atoms with Gasteiger partial charge >= 0.3 is 0 Å². The standard InChI is InChI=1S/C22H22F2N6O2.C2H4/c1-4-16(25)15-5-6-19(27-21(15)31-3)28-22-26-10-18-20(29-22)30(2)17(11-32-18)12-7-13(23)9-14(24)8-12;1-2/h4-10,17H,11,25H2,1-3H3,(H,26,27,28,29);1-2H2/b16-4-;. The van der Waals surface area contributed by atoms with Crippen molar-refractivity contribution in [1.82, 2.24) is 15.0 Å². The second kappa shape index (κ2) is 10.6. The number of methoxy groups -OCH3 is 1. The molecular weight excluding hydrogens is 442 g/mol. The van der Waals surface area contributed by atoms with Crippen LogP contribution in [0, 0.1) is 11.6 Å². The molecule has 1 aromatic carbocycles. The lowest BCUT2D eigenvalue weighted by Gasteiger charge is -2.35. The van der Waals surface area contributed by atoms with Crippen molar-refractivity contribution in [2.24, 2.45) is 5.73 Å². The zero-order chi connectivity index (χ0) is 24.8. The van der Waals surface area contributed by atoms with E-state index in [0.29, 0.717) is 40.1 Å². The number of allylic oxidation sites excluding steroid dienone is 1. The van der Waals surface area contributed by atoms with Crippen LogP contribution in [0.15, 0.2) is 55.8 Å². The summed E-state index contributed by atoms with van der Waals surface area (Å²) in [6.07, 6.45) is 3.29. The molecule has 34 heavy (non-hydrogen) atoms. The maximum absolute atomic E-state index is 13.7. The fourth-order valence-corrected chi connectivity index (χ4v) is 3.45. The molecule has 1 unspecified atom stereocenters. The molecule has 0 aliphatic carbocycles. The van der Waals surface area contributed by atoms with Gasteiger partial charge in [0, 0.05) is 18.8 Å². The van der Waals surface area contributed by atoms with Gasteiger partial charge in [-0.3, -0.25) is 0 Å². The SMILES string of the molecule is C/C=C(\N)c1ccc(Nc2ncc3c(n2)N(C)C(c2cc(F)cc(F)c2)CO3)nc1OC.C=C. The summed E-state index contributed by atoms with van der Waals surface area (Å²) in [5.74, 6) is 0.733. The molecule has 0 saturated heterocycles. The summed E-state index contributed by atoms with van der Waals surface area (Å²) in [4.78, 5) is 15.0. The van der Waals surface area contributed by atoms with E-state index >= 15 is 0 Å². The van der Waals surface area contributed by atoms with E-state index in [9.17, 15) is 8.78 Å². The number of ether oxygens (including phenoxy) is 2. The summed E-state index contributed by atoms with van der Waals surface area (Å²) in [5, 5.41) is 3.03. The van der Waals surface area contributed by atoms with E-state index in [1.807, 2.05) is 6.92 Å². The first-order valence-electron chi connectivity index (χ1n) is 10.3. The predicted octanol–water partition coefficient (Wildman–Crippen LogP) is 4.59. The molecule has 1 atom stereocenters. The van der Waals surface area contributed by atoms with E-state index in [2.05, 4.69) is 33.4 Å². The van der Waals surface area contributed by atoms with Crippen LogP contribution < -0.4 is 25.4 Å². The first-order valence-corrected chi connectivity index (χ1v) is 10.3. The quantitative estimate of drug-likeness (QED) is 0.525. The van der Waals surface area contributed by atoms with Gasteiger partial charge in [0.15, 0.2) is 11.6 Å². The number of rotatable bonds is 5. The maximum Gasteiger partial charge on any atom is 0.230 e. The van der Waals surface area contributed by atoms with Crippen molar-refractivity contribution < 1.29 is 18.3 Å². The monoisotopic (exact) mass is 468 g/mol. The van der Waals surface area contributed by atoms with Crippen LogP contribution >= 0.6 is 0 Å². The number of hydrogen-bond acceptors (Lipinski definition) is 8. The van der Waals surface area contributed by atoms with Crippen molar-refractivity contribution in [3.8, 4) is 11.6 Å². The van der Waals surface area contributed by atoms with Gasteiger partial charge in [-0.05, 0) is 36.8 Å². The molecule has 3 aromatic rings. The lowest BCUT2D eigenvalue weighted by Crippen LogP contribution is -2.34. The smallest absolute Gasteiger partial charge is 0.230 e. The maximum atomic E-state index is 13.7. The highest BCUT2D eigenvalue weighted by molar-refractivity contribution is 5.68. The van der Waals surface area contributed by atoms with E-state index in [1.54, 1.807) is 30.2 Å². The van der Waals surface area contributed by atoms with Crippen molar-refractivity contribution in [3.63, 3.8) is 0 Å². The summed E-state index contributed by atoms with van der Waals surface area (Å²) in [6, 6.07) is 6.50. The molecule has 0 bridgehead atoms. The lowest BCUT2D eigenvalue weighted by molar-refractivity contribution is 0.264. The molecule has 3 heterocycles. The summed E-state index contributed by atoms with van der Waals surface area (Å²) < 4.78 is 38.5. The van der Waals surface area contributed by atoms with Crippen molar-refractivity contribution in [3.05, 3.63) is 78.5 Å². The molecule has 0 fully saturated rings. The van der Waals surface area contributed by atoms with E-state index in [1.165, 1.54) is 25.4 Å². The van der Waals surface area contributed by atoms with Crippen molar-refractivity contribution >= 4 is 23.3 Å². The molecule has 0 amide bonds. The molecule has 178 valence electrons. The second-order valence-electron chi connectivity index (χ2n) is 7.14.